The van der Waals surface area contributed by atoms with Crippen molar-refractivity contribution < 1.29 is 14.3 Å². The number of rotatable bonds is 3. The van der Waals surface area contributed by atoms with E-state index in [9.17, 15) is 4.79 Å². The first-order valence-corrected chi connectivity index (χ1v) is 7.39. The molecule has 1 saturated heterocycles. The summed E-state index contributed by atoms with van der Waals surface area (Å²) < 4.78 is 11.4. The lowest BCUT2D eigenvalue weighted by molar-refractivity contribution is -0.00557. The van der Waals surface area contributed by atoms with Crippen molar-refractivity contribution in [2.75, 3.05) is 13.1 Å². The highest BCUT2D eigenvalue weighted by Gasteiger charge is 2.31. The minimum absolute atomic E-state index is 0.0366. The van der Waals surface area contributed by atoms with Gasteiger partial charge in [0.15, 0.2) is 0 Å². The average Bonchev–Trinajstić information content (AvgIpc) is 2.86. The van der Waals surface area contributed by atoms with Crippen LogP contribution in [0.15, 0.2) is 24.4 Å². The van der Waals surface area contributed by atoms with Crippen LogP contribution in [-0.4, -0.2) is 40.8 Å². The molecule has 116 valence electrons. The molecular weight excluding hydrogens is 268 g/mol. The number of nitrogens with zero attached hydrogens (tertiary/aromatic N) is 2. The number of aromatic nitrogens is 1. The predicted octanol–water partition coefficient (Wildman–Crippen LogP) is 3.17. The summed E-state index contributed by atoms with van der Waals surface area (Å²) in [7, 11) is 0. The largest absolute Gasteiger partial charge is 0.444 e. The molecule has 2 rings (SSSR count). The maximum atomic E-state index is 12.0. The van der Waals surface area contributed by atoms with Gasteiger partial charge in [0.1, 0.15) is 5.60 Å². The minimum Gasteiger partial charge on any atom is -0.444 e. The lowest BCUT2D eigenvalue weighted by Gasteiger charge is -2.24. The zero-order chi connectivity index (χ0) is 15.5. The fourth-order valence-electron chi connectivity index (χ4n) is 2.31. The molecule has 1 aliphatic heterocycles. The van der Waals surface area contributed by atoms with Gasteiger partial charge in [-0.2, -0.15) is 0 Å². The minimum atomic E-state index is -0.461. The number of carbonyl (C=O) groups is 1. The van der Waals surface area contributed by atoms with E-state index >= 15 is 0 Å². The summed E-state index contributed by atoms with van der Waals surface area (Å²) in [6.07, 6.45) is 2.29. The molecule has 1 fully saturated rings. The topological polar surface area (TPSA) is 51.7 Å². The smallest absolute Gasteiger partial charge is 0.410 e. The maximum Gasteiger partial charge on any atom is 0.410 e. The Labute approximate surface area is 126 Å². The van der Waals surface area contributed by atoms with Crippen molar-refractivity contribution in [1.82, 2.24) is 9.88 Å². The fraction of sp³-hybridized carbons (Fsp3) is 0.625. The second-order valence-corrected chi connectivity index (χ2v) is 6.37. The highest BCUT2D eigenvalue weighted by molar-refractivity contribution is 5.68. The van der Waals surface area contributed by atoms with Crippen LogP contribution in [0.3, 0.4) is 0 Å². The second-order valence-electron chi connectivity index (χ2n) is 6.37. The Bertz CT molecular complexity index is 470. The molecule has 5 nitrogen and oxygen atoms in total. The molecule has 0 N–H and O–H groups in total. The Balaban J connectivity index is 1.84. The van der Waals surface area contributed by atoms with Gasteiger partial charge in [-0.25, -0.2) is 4.79 Å². The van der Waals surface area contributed by atoms with Crippen LogP contribution in [0.25, 0.3) is 0 Å². The SMILES string of the molecule is CC(O[C@H]1CCN(C(=O)OC(C)(C)C)C1)c1ccccn1. The molecule has 1 unspecified atom stereocenters. The summed E-state index contributed by atoms with van der Waals surface area (Å²) >= 11 is 0. The molecule has 0 spiro atoms. The van der Waals surface area contributed by atoms with Gasteiger partial charge in [0.2, 0.25) is 0 Å². The summed E-state index contributed by atoms with van der Waals surface area (Å²) in [5.41, 5.74) is 0.449. The van der Waals surface area contributed by atoms with Crippen LogP contribution in [0.2, 0.25) is 0 Å². The lowest BCUT2D eigenvalue weighted by Crippen LogP contribution is -2.36. The Hall–Kier alpha value is -1.62. The summed E-state index contributed by atoms with van der Waals surface area (Å²) in [5, 5.41) is 0. The standard InChI is InChI=1S/C16H24N2O3/c1-12(14-7-5-6-9-17-14)20-13-8-10-18(11-13)15(19)21-16(2,3)4/h5-7,9,12-13H,8,10-11H2,1-4H3/t12?,13-/m0/s1. The van der Waals surface area contributed by atoms with Gasteiger partial charge < -0.3 is 14.4 Å². The molecule has 0 aliphatic carbocycles. The van der Waals surface area contributed by atoms with Gasteiger partial charge in [0, 0.05) is 12.7 Å². The number of likely N-dealkylation sites (tertiary alicyclic amines) is 1. The van der Waals surface area contributed by atoms with Crippen LogP contribution < -0.4 is 0 Å². The number of pyridine rings is 1. The first kappa shape index (κ1) is 15.8. The Morgan fingerprint density at radius 1 is 1.43 bits per heavy atom. The molecule has 21 heavy (non-hydrogen) atoms. The maximum absolute atomic E-state index is 12.0. The van der Waals surface area contributed by atoms with Gasteiger partial charge >= 0.3 is 6.09 Å². The van der Waals surface area contributed by atoms with Crippen LogP contribution >= 0.6 is 0 Å². The van der Waals surface area contributed by atoms with Gasteiger partial charge in [-0.3, -0.25) is 4.98 Å². The van der Waals surface area contributed by atoms with E-state index in [0.29, 0.717) is 13.1 Å². The first-order valence-electron chi connectivity index (χ1n) is 7.39. The molecule has 1 aromatic rings. The van der Waals surface area contributed by atoms with Crippen LogP contribution in [0, 0.1) is 0 Å². The summed E-state index contributed by atoms with van der Waals surface area (Å²) in [4.78, 5) is 18.0. The highest BCUT2D eigenvalue weighted by Crippen LogP contribution is 2.22. The Morgan fingerprint density at radius 2 is 2.19 bits per heavy atom. The summed E-state index contributed by atoms with van der Waals surface area (Å²) in [5.74, 6) is 0. The van der Waals surface area contributed by atoms with E-state index in [0.717, 1.165) is 12.1 Å². The molecule has 1 aromatic heterocycles. The van der Waals surface area contributed by atoms with Crippen LogP contribution in [-0.2, 0) is 9.47 Å². The van der Waals surface area contributed by atoms with Crippen molar-refractivity contribution in [2.24, 2.45) is 0 Å². The van der Waals surface area contributed by atoms with Gasteiger partial charge in [0.05, 0.1) is 24.4 Å². The van der Waals surface area contributed by atoms with E-state index in [4.69, 9.17) is 9.47 Å². The molecule has 1 aliphatic rings. The second kappa shape index (κ2) is 6.43. The number of amides is 1. The third-order valence-electron chi connectivity index (χ3n) is 3.30. The number of ether oxygens (including phenoxy) is 2. The molecule has 0 radical (unpaired) electrons. The number of carbonyl (C=O) groups excluding carboxylic acids is 1. The van der Waals surface area contributed by atoms with Crippen LogP contribution in [0.5, 0.6) is 0 Å². The normalized spacial score (nSPS) is 20.4. The van der Waals surface area contributed by atoms with Crippen molar-refractivity contribution in [2.45, 2.75) is 51.9 Å². The first-order chi connectivity index (χ1) is 9.85. The zero-order valence-electron chi connectivity index (χ0n) is 13.2. The number of hydrogen-bond acceptors (Lipinski definition) is 4. The van der Waals surface area contributed by atoms with Gasteiger partial charge in [0.25, 0.3) is 0 Å². The summed E-state index contributed by atoms with van der Waals surface area (Å²) in [6, 6.07) is 5.78. The van der Waals surface area contributed by atoms with E-state index in [-0.39, 0.29) is 18.3 Å². The lowest BCUT2D eigenvalue weighted by atomic mass is 10.2. The molecule has 1 amide bonds. The zero-order valence-corrected chi connectivity index (χ0v) is 13.2. The van der Waals surface area contributed by atoms with Crippen molar-refractivity contribution in [1.29, 1.82) is 0 Å². The van der Waals surface area contributed by atoms with Crippen molar-refractivity contribution in [3.05, 3.63) is 30.1 Å². The third-order valence-corrected chi connectivity index (χ3v) is 3.30. The van der Waals surface area contributed by atoms with E-state index < -0.39 is 5.60 Å². The van der Waals surface area contributed by atoms with E-state index in [1.54, 1.807) is 11.1 Å². The molecule has 5 heteroatoms. The van der Waals surface area contributed by atoms with Crippen LogP contribution in [0.1, 0.15) is 45.9 Å². The molecule has 2 atom stereocenters. The summed E-state index contributed by atoms with van der Waals surface area (Å²) in [6.45, 7) is 8.85. The number of hydrogen-bond donors (Lipinski definition) is 0. The predicted molar refractivity (Wildman–Crippen MR) is 79.9 cm³/mol. The van der Waals surface area contributed by atoms with Gasteiger partial charge in [-0.1, -0.05) is 6.07 Å². The molecule has 2 heterocycles. The van der Waals surface area contributed by atoms with Crippen molar-refractivity contribution in [3.8, 4) is 0 Å². The monoisotopic (exact) mass is 292 g/mol. The van der Waals surface area contributed by atoms with E-state index in [1.807, 2.05) is 45.9 Å². The molecule has 0 aromatic carbocycles. The molecular formula is C16H24N2O3. The molecule has 0 bridgehead atoms. The average molecular weight is 292 g/mol. The third kappa shape index (κ3) is 4.70. The van der Waals surface area contributed by atoms with Crippen LogP contribution in [0.4, 0.5) is 4.79 Å². The van der Waals surface area contributed by atoms with Crippen molar-refractivity contribution in [3.63, 3.8) is 0 Å². The Kier molecular flexibility index (Phi) is 4.83. The van der Waals surface area contributed by atoms with E-state index in [2.05, 4.69) is 4.98 Å². The quantitative estimate of drug-likeness (QED) is 0.858. The Morgan fingerprint density at radius 3 is 2.81 bits per heavy atom. The van der Waals surface area contributed by atoms with E-state index in [1.165, 1.54) is 0 Å². The highest BCUT2D eigenvalue weighted by atomic mass is 16.6. The van der Waals surface area contributed by atoms with Crippen molar-refractivity contribution >= 4 is 6.09 Å². The van der Waals surface area contributed by atoms with Gasteiger partial charge in [-0.15, -0.1) is 0 Å². The van der Waals surface area contributed by atoms with Gasteiger partial charge in [-0.05, 0) is 46.2 Å². The molecule has 0 saturated carbocycles. The fourth-order valence-corrected chi connectivity index (χ4v) is 2.31.